The Morgan fingerprint density at radius 2 is 2.38 bits per heavy atom. The third kappa shape index (κ3) is 3.61. The summed E-state index contributed by atoms with van der Waals surface area (Å²) in [4.78, 5) is 0. The molecule has 0 saturated heterocycles. The van der Waals surface area contributed by atoms with Gasteiger partial charge in [-0.2, -0.15) is 5.10 Å². The molecule has 0 aromatic rings. The van der Waals surface area contributed by atoms with Crippen LogP contribution in [-0.4, -0.2) is 11.8 Å². The highest BCUT2D eigenvalue weighted by atomic mass is 32.2. The lowest BCUT2D eigenvalue weighted by Crippen LogP contribution is -1.75. The highest BCUT2D eigenvalue weighted by Gasteiger charge is 1.81. The Kier molecular flexibility index (Phi) is 4.26. The lowest BCUT2D eigenvalue weighted by atomic mass is 10.9. The molecule has 0 aliphatic rings. The van der Waals surface area contributed by atoms with E-state index >= 15 is 0 Å². The minimum Gasteiger partial charge on any atom is -0.166 e. The predicted molar refractivity (Wildman–Crippen MR) is 40.4 cm³/mol. The van der Waals surface area contributed by atoms with E-state index in [4.69, 9.17) is 0 Å². The van der Waals surface area contributed by atoms with E-state index in [1.165, 1.54) is 11.8 Å². The summed E-state index contributed by atoms with van der Waals surface area (Å²) in [5.41, 5.74) is 0. The number of thioether (sulfide) groups is 1. The molecule has 0 aliphatic carbocycles. The van der Waals surface area contributed by atoms with Crippen molar-refractivity contribution < 1.29 is 0 Å². The Labute approximate surface area is 53.4 Å². The molecule has 0 heterocycles. The van der Waals surface area contributed by atoms with Gasteiger partial charge in [-0.15, -0.1) is 5.10 Å². The average Bonchev–Trinajstić information content (AvgIpc) is 1.68. The van der Waals surface area contributed by atoms with Crippen molar-refractivity contribution in [2.75, 3.05) is 0 Å². The van der Waals surface area contributed by atoms with Gasteiger partial charge in [0.1, 0.15) is 0 Å². The van der Waals surface area contributed by atoms with Gasteiger partial charge in [0, 0.05) is 6.72 Å². The summed E-state index contributed by atoms with van der Waals surface area (Å²) < 4.78 is 0. The molecular formula is C5H8N2S. The first kappa shape index (κ1) is 7.43. The topological polar surface area (TPSA) is 24.7 Å². The standard InChI is InChI=1S/C5H8N2S/c1-4-8-5(2)7-6-3/h4H,1,3H2,2H3/b7-5-. The van der Waals surface area contributed by atoms with E-state index in [0.717, 1.165) is 5.04 Å². The molecule has 44 valence electrons. The summed E-state index contributed by atoms with van der Waals surface area (Å²) in [6.07, 6.45) is 0. The lowest BCUT2D eigenvalue weighted by Gasteiger charge is -1.85. The minimum absolute atomic E-state index is 0.856. The van der Waals surface area contributed by atoms with Crippen LogP contribution in [0.25, 0.3) is 0 Å². The molecule has 3 heteroatoms. The third-order valence-corrected chi connectivity index (χ3v) is 1.05. The van der Waals surface area contributed by atoms with Crippen molar-refractivity contribution >= 4 is 23.5 Å². The molecule has 0 aromatic carbocycles. The highest BCUT2D eigenvalue weighted by Crippen LogP contribution is 2.02. The smallest absolute Gasteiger partial charge is 0.0969 e. The van der Waals surface area contributed by atoms with Gasteiger partial charge in [-0.1, -0.05) is 18.3 Å². The number of nitrogens with zero attached hydrogens (tertiary/aromatic N) is 2. The molecule has 2 nitrogen and oxygen atoms in total. The Hall–Kier alpha value is -0.570. The van der Waals surface area contributed by atoms with E-state index in [9.17, 15) is 0 Å². The summed E-state index contributed by atoms with van der Waals surface area (Å²) in [5, 5.41) is 9.52. The molecule has 0 radical (unpaired) electrons. The summed E-state index contributed by atoms with van der Waals surface area (Å²) in [6, 6.07) is 0. The monoisotopic (exact) mass is 128 g/mol. The first-order valence-corrected chi connectivity index (χ1v) is 2.97. The fourth-order valence-electron chi connectivity index (χ4n) is 0.244. The first-order valence-electron chi connectivity index (χ1n) is 2.09. The average molecular weight is 128 g/mol. The normalized spacial score (nSPS) is 10.9. The molecule has 0 spiro atoms. The maximum Gasteiger partial charge on any atom is 0.0969 e. The van der Waals surface area contributed by atoms with Gasteiger partial charge in [0.15, 0.2) is 0 Å². The van der Waals surface area contributed by atoms with Crippen LogP contribution in [0.2, 0.25) is 0 Å². The van der Waals surface area contributed by atoms with Gasteiger partial charge in [-0.05, 0) is 12.3 Å². The van der Waals surface area contributed by atoms with Gasteiger partial charge >= 0.3 is 0 Å². The Bertz CT molecular complexity index is 118. The summed E-state index contributed by atoms with van der Waals surface area (Å²) in [7, 11) is 0. The van der Waals surface area contributed by atoms with E-state index in [1.54, 1.807) is 5.41 Å². The Morgan fingerprint density at radius 1 is 1.75 bits per heavy atom. The van der Waals surface area contributed by atoms with Crippen LogP contribution in [-0.2, 0) is 0 Å². The second-order valence-corrected chi connectivity index (χ2v) is 2.20. The van der Waals surface area contributed by atoms with Gasteiger partial charge in [-0.3, -0.25) is 0 Å². The molecule has 0 N–H and O–H groups in total. The second-order valence-electron chi connectivity index (χ2n) is 1.04. The SMILES string of the molecule is C=CS/C(C)=N\N=C. The quantitative estimate of drug-likeness (QED) is 0.316. The largest absolute Gasteiger partial charge is 0.166 e. The van der Waals surface area contributed by atoms with E-state index in [-0.39, 0.29) is 0 Å². The maximum atomic E-state index is 3.64. The van der Waals surface area contributed by atoms with Crippen LogP contribution < -0.4 is 0 Å². The Balaban J connectivity index is 3.60. The summed E-state index contributed by atoms with van der Waals surface area (Å²) in [6.45, 7) is 8.55. The Morgan fingerprint density at radius 3 is 2.75 bits per heavy atom. The lowest BCUT2D eigenvalue weighted by molar-refractivity contribution is 1.27. The van der Waals surface area contributed by atoms with Crippen molar-refractivity contribution in [2.45, 2.75) is 6.92 Å². The molecule has 8 heavy (non-hydrogen) atoms. The minimum atomic E-state index is 0.856. The molecule has 0 aromatic heterocycles. The van der Waals surface area contributed by atoms with Crippen LogP contribution >= 0.6 is 11.8 Å². The molecule has 0 saturated carbocycles. The predicted octanol–water partition coefficient (Wildman–Crippen LogP) is 1.90. The van der Waals surface area contributed by atoms with Crippen molar-refractivity contribution in [1.82, 2.24) is 0 Å². The van der Waals surface area contributed by atoms with Crippen molar-refractivity contribution in [3.05, 3.63) is 12.0 Å². The van der Waals surface area contributed by atoms with Crippen LogP contribution in [0.4, 0.5) is 0 Å². The molecular weight excluding hydrogens is 120 g/mol. The van der Waals surface area contributed by atoms with Crippen LogP contribution in [0.3, 0.4) is 0 Å². The van der Waals surface area contributed by atoms with E-state index in [2.05, 4.69) is 23.5 Å². The molecule has 0 rings (SSSR count). The first-order chi connectivity index (χ1) is 3.81. The van der Waals surface area contributed by atoms with Crippen molar-refractivity contribution in [2.24, 2.45) is 10.2 Å². The van der Waals surface area contributed by atoms with E-state index in [0.29, 0.717) is 0 Å². The van der Waals surface area contributed by atoms with Crippen LogP contribution in [0.15, 0.2) is 22.2 Å². The molecule has 0 amide bonds. The molecule has 0 aliphatic heterocycles. The zero-order chi connectivity index (χ0) is 6.41. The van der Waals surface area contributed by atoms with Gasteiger partial charge < -0.3 is 0 Å². The maximum absolute atomic E-state index is 3.64. The van der Waals surface area contributed by atoms with Gasteiger partial charge in [-0.25, -0.2) is 0 Å². The van der Waals surface area contributed by atoms with Crippen LogP contribution in [0.1, 0.15) is 6.92 Å². The molecule has 0 bridgehead atoms. The van der Waals surface area contributed by atoms with E-state index in [1.807, 2.05) is 6.92 Å². The van der Waals surface area contributed by atoms with E-state index < -0.39 is 0 Å². The number of hydrogen-bond donors (Lipinski definition) is 0. The van der Waals surface area contributed by atoms with Gasteiger partial charge in [0.25, 0.3) is 0 Å². The van der Waals surface area contributed by atoms with Crippen LogP contribution in [0.5, 0.6) is 0 Å². The van der Waals surface area contributed by atoms with Crippen molar-refractivity contribution in [1.29, 1.82) is 0 Å². The van der Waals surface area contributed by atoms with Crippen molar-refractivity contribution in [3.63, 3.8) is 0 Å². The summed E-state index contributed by atoms with van der Waals surface area (Å²) in [5.74, 6) is 0. The molecule has 0 unspecified atom stereocenters. The number of hydrogen-bond acceptors (Lipinski definition) is 3. The fourth-order valence-corrected chi connectivity index (χ4v) is 0.590. The number of rotatable bonds is 2. The van der Waals surface area contributed by atoms with Gasteiger partial charge in [0.05, 0.1) is 5.04 Å². The van der Waals surface area contributed by atoms with Crippen molar-refractivity contribution in [3.8, 4) is 0 Å². The summed E-state index contributed by atoms with van der Waals surface area (Å²) >= 11 is 1.44. The van der Waals surface area contributed by atoms with Crippen LogP contribution in [0, 0.1) is 0 Å². The molecule has 0 fully saturated rings. The third-order valence-electron chi connectivity index (χ3n) is 0.465. The second kappa shape index (κ2) is 4.59. The zero-order valence-electron chi connectivity index (χ0n) is 4.79. The van der Waals surface area contributed by atoms with Gasteiger partial charge in [0.2, 0.25) is 0 Å². The highest BCUT2D eigenvalue weighted by molar-refractivity contribution is 8.16. The zero-order valence-corrected chi connectivity index (χ0v) is 5.61. The fraction of sp³-hybridized carbons (Fsp3) is 0.200. The molecule has 0 atom stereocenters.